The van der Waals surface area contributed by atoms with Crippen LogP contribution in [-0.2, 0) is 16.0 Å². The molecule has 1 aliphatic rings. The van der Waals surface area contributed by atoms with Gasteiger partial charge in [-0.3, -0.25) is 4.79 Å². The Morgan fingerprint density at radius 2 is 1.76 bits per heavy atom. The van der Waals surface area contributed by atoms with Crippen LogP contribution in [0.1, 0.15) is 54.7 Å². The van der Waals surface area contributed by atoms with E-state index in [2.05, 4.69) is 16.6 Å². The van der Waals surface area contributed by atoms with E-state index in [4.69, 9.17) is 14.2 Å². The average Bonchev–Trinajstić information content (AvgIpc) is 3.41. The molecule has 1 atom stereocenters. The van der Waals surface area contributed by atoms with Gasteiger partial charge in [-0.2, -0.15) is 0 Å². The third-order valence-corrected chi connectivity index (χ3v) is 6.96. The summed E-state index contributed by atoms with van der Waals surface area (Å²) in [5.74, 6) is 0.0663. The predicted molar refractivity (Wildman–Crippen MR) is 144 cm³/mol. The van der Waals surface area contributed by atoms with Crippen LogP contribution in [0.5, 0.6) is 5.75 Å². The molecule has 5 rings (SSSR count). The zero-order valence-corrected chi connectivity index (χ0v) is 21.9. The van der Waals surface area contributed by atoms with Gasteiger partial charge in [-0.25, -0.2) is 0 Å². The molecule has 1 aromatic heterocycles. The number of hydrogen-bond donors (Lipinski definition) is 1. The van der Waals surface area contributed by atoms with E-state index in [-0.39, 0.29) is 11.9 Å². The molecule has 1 unspecified atom stereocenters. The second kappa shape index (κ2) is 9.65. The molecule has 7 nitrogen and oxygen atoms in total. The fraction of sp³-hybridized carbons (Fsp3) is 0.333. The number of fused-ring (bicyclic) bond motifs is 3. The quantitative estimate of drug-likeness (QED) is 0.144. The monoisotopic (exact) mass is 500 g/mol. The minimum atomic E-state index is -0.586. The van der Waals surface area contributed by atoms with Gasteiger partial charge in [0.2, 0.25) is 0 Å². The van der Waals surface area contributed by atoms with Crippen LogP contribution in [0.4, 0.5) is 0 Å². The number of carbonyl (C=O) groups excluding carboxylic acids is 1. The van der Waals surface area contributed by atoms with E-state index in [0.717, 1.165) is 39.5 Å². The summed E-state index contributed by atoms with van der Waals surface area (Å²) in [4.78, 5) is 13.6. The zero-order chi connectivity index (χ0) is 26.3. The second-order valence-electron chi connectivity index (χ2n) is 9.96. The first kappa shape index (κ1) is 25.0. The van der Waals surface area contributed by atoms with Gasteiger partial charge >= 0.3 is 0 Å². The highest BCUT2D eigenvalue weighted by atomic mass is 16.7. The molecule has 192 valence electrons. The molecular formula is C30H32N2O5. The van der Waals surface area contributed by atoms with Crippen LogP contribution in [-0.4, -0.2) is 46.4 Å². The summed E-state index contributed by atoms with van der Waals surface area (Å²) >= 11 is 0. The smallest absolute Gasteiger partial charge is 0.193 e. The number of ketones is 1. The van der Waals surface area contributed by atoms with Crippen molar-refractivity contribution in [3.05, 3.63) is 76.9 Å². The first-order chi connectivity index (χ1) is 17.7. The number of aryl methyl sites for hydroxylation is 2. The summed E-state index contributed by atoms with van der Waals surface area (Å²) in [5, 5.41) is 14.6. The van der Waals surface area contributed by atoms with E-state index < -0.39 is 5.79 Å². The Bertz CT molecular complexity index is 1530. The maximum atomic E-state index is 13.6. The molecule has 0 spiro atoms. The zero-order valence-electron chi connectivity index (χ0n) is 21.9. The number of benzene rings is 3. The fourth-order valence-electron chi connectivity index (χ4n) is 5.04. The van der Waals surface area contributed by atoms with Crippen molar-refractivity contribution in [3.63, 3.8) is 0 Å². The van der Waals surface area contributed by atoms with Crippen LogP contribution in [0.25, 0.3) is 21.8 Å². The number of hydrogen-bond acceptors (Lipinski definition) is 6. The minimum Gasteiger partial charge on any atom is -0.491 e. The lowest BCUT2D eigenvalue weighted by Gasteiger charge is -2.17. The van der Waals surface area contributed by atoms with Gasteiger partial charge in [0.25, 0.3) is 0 Å². The van der Waals surface area contributed by atoms with E-state index in [9.17, 15) is 10.0 Å². The highest BCUT2D eigenvalue weighted by molar-refractivity contribution is 6.16. The maximum absolute atomic E-state index is 13.6. The van der Waals surface area contributed by atoms with Gasteiger partial charge in [-0.1, -0.05) is 11.2 Å². The Morgan fingerprint density at radius 3 is 2.35 bits per heavy atom. The number of aromatic nitrogens is 1. The minimum absolute atomic E-state index is 0.0399. The molecule has 2 heterocycles. The normalized spacial score (nSPS) is 17.5. The summed E-state index contributed by atoms with van der Waals surface area (Å²) in [6.07, 6.45) is -0.124. The highest BCUT2D eigenvalue weighted by Gasteiger charge is 2.33. The van der Waals surface area contributed by atoms with Crippen LogP contribution < -0.4 is 4.74 Å². The summed E-state index contributed by atoms with van der Waals surface area (Å²) < 4.78 is 19.5. The molecule has 0 saturated carbocycles. The van der Waals surface area contributed by atoms with Crippen molar-refractivity contribution in [1.29, 1.82) is 0 Å². The Hall–Kier alpha value is -3.68. The second-order valence-corrected chi connectivity index (χ2v) is 9.96. The summed E-state index contributed by atoms with van der Waals surface area (Å²) in [6, 6.07) is 17.4. The Kier molecular flexibility index (Phi) is 6.52. The molecule has 1 N–H and O–H groups in total. The standard InChI is InChI=1S/C30H32N2O5/c1-6-32-27-11-7-20(19(3)31-34)14-25(27)26-15-21(8-12-28(26)32)29(33)24-10-9-22(13-18(24)2)35-16-23-17-36-30(4,5)37-23/h7-15,23,34H,6,16-17H2,1-5H3/b31-19+. The number of nitrogens with zero attached hydrogens (tertiary/aromatic N) is 2. The van der Waals surface area contributed by atoms with Crippen molar-refractivity contribution in [2.75, 3.05) is 13.2 Å². The van der Waals surface area contributed by atoms with Crippen molar-refractivity contribution >= 4 is 33.3 Å². The first-order valence-corrected chi connectivity index (χ1v) is 12.6. The van der Waals surface area contributed by atoms with E-state index in [1.807, 2.05) is 75.4 Å². The lowest BCUT2D eigenvalue weighted by atomic mass is 9.97. The lowest BCUT2D eigenvalue weighted by molar-refractivity contribution is -0.141. The van der Waals surface area contributed by atoms with Crippen molar-refractivity contribution < 1.29 is 24.2 Å². The van der Waals surface area contributed by atoms with E-state index in [1.165, 1.54) is 0 Å². The molecule has 0 amide bonds. The van der Waals surface area contributed by atoms with E-state index in [0.29, 0.717) is 35.8 Å². The van der Waals surface area contributed by atoms with Crippen LogP contribution in [0.15, 0.2) is 59.8 Å². The molecular weight excluding hydrogens is 468 g/mol. The van der Waals surface area contributed by atoms with E-state index >= 15 is 0 Å². The molecule has 1 saturated heterocycles. The summed E-state index contributed by atoms with van der Waals surface area (Å²) in [6.45, 7) is 11.2. The fourth-order valence-corrected chi connectivity index (χ4v) is 5.04. The van der Waals surface area contributed by atoms with Gasteiger partial charge < -0.3 is 24.0 Å². The Labute approximate surface area is 216 Å². The maximum Gasteiger partial charge on any atom is 0.193 e. The van der Waals surface area contributed by atoms with Gasteiger partial charge in [-0.15, -0.1) is 0 Å². The lowest BCUT2D eigenvalue weighted by Crippen LogP contribution is -2.25. The molecule has 0 aliphatic carbocycles. The number of ether oxygens (including phenoxy) is 3. The van der Waals surface area contributed by atoms with Crippen molar-refractivity contribution in [3.8, 4) is 5.75 Å². The van der Waals surface area contributed by atoms with Gasteiger partial charge in [0, 0.05) is 39.5 Å². The van der Waals surface area contributed by atoms with Gasteiger partial charge in [0.15, 0.2) is 11.6 Å². The number of rotatable bonds is 7. The van der Waals surface area contributed by atoms with Crippen molar-refractivity contribution in [1.82, 2.24) is 4.57 Å². The van der Waals surface area contributed by atoms with Crippen LogP contribution in [0.3, 0.4) is 0 Å². The number of oxime groups is 1. The molecule has 1 fully saturated rings. The first-order valence-electron chi connectivity index (χ1n) is 12.6. The molecule has 0 bridgehead atoms. The third-order valence-electron chi connectivity index (χ3n) is 6.96. The highest BCUT2D eigenvalue weighted by Crippen LogP contribution is 2.32. The molecule has 1 aliphatic heterocycles. The average molecular weight is 501 g/mol. The SMILES string of the molecule is CCn1c2ccc(C(=O)c3ccc(OCC4COC(C)(C)O4)cc3C)cc2c2cc(/C(C)=N/O)ccc21. The molecule has 37 heavy (non-hydrogen) atoms. The molecule has 0 radical (unpaired) electrons. The largest absolute Gasteiger partial charge is 0.491 e. The van der Waals surface area contributed by atoms with Crippen LogP contribution in [0.2, 0.25) is 0 Å². The van der Waals surface area contributed by atoms with Gasteiger partial charge in [-0.05, 0) is 94.3 Å². The molecule has 3 aromatic carbocycles. The Balaban J connectivity index is 1.44. The molecule has 4 aromatic rings. The van der Waals surface area contributed by atoms with Crippen molar-refractivity contribution in [2.24, 2.45) is 5.16 Å². The third kappa shape index (κ3) is 4.72. The van der Waals surface area contributed by atoms with Gasteiger partial charge in [0.1, 0.15) is 18.5 Å². The summed E-state index contributed by atoms with van der Waals surface area (Å²) in [5.41, 5.74) is 5.62. The number of carbonyl (C=O) groups is 1. The predicted octanol–water partition coefficient (Wildman–Crippen LogP) is 6.08. The van der Waals surface area contributed by atoms with Crippen LogP contribution >= 0.6 is 0 Å². The van der Waals surface area contributed by atoms with Gasteiger partial charge in [0.05, 0.1) is 12.3 Å². The topological polar surface area (TPSA) is 82.3 Å². The van der Waals surface area contributed by atoms with Crippen molar-refractivity contribution in [2.45, 2.75) is 53.1 Å². The van der Waals surface area contributed by atoms with Crippen LogP contribution in [0, 0.1) is 6.92 Å². The molecule has 7 heteroatoms. The van der Waals surface area contributed by atoms with E-state index in [1.54, 1.807) is 6.92 Å². The Morgan fingerprint density at radius 1 is 1.08 bits per heavy atom. The summed E-state index contributed by atoms with van der Waals surface area (Å²) in [7, 11) is 0.